The second-order valence-electron chi connectivity index (χ2n) is 13.7. The van der Waals surface area contributed by atoms with Crippen LogP contribution in [0.2, 0.25) is 0 Å². The van der Waals surface area contributed by atoms with Crippen molar-refractivity contribution < 1.29 is 23.9 Å². The number of nitrogens with one attached hydrogen (secondary N) is 1. The first-order chi connectivity index (χ1) is 25.8. The van der Waals surface area contributed by atoms with E-state index in [9.17, 15) is 14.4 Å². The molecule has 266 valence electrons. The number of benzene rings is 5. The van der Waals surface area contributed by atoms with E-state index in [1.165, 1.54) is 30.0 Å². The Bertz CT molecular complexity index is 2200. The Morgan fingerprint density at radius 3 is 2.06 bits per heavy atom. The van der Waals surface area contributed by atoms with Crippen LogP contribution in [-0.4, -0.2) is 38.0 Å². The highest BCUT2D eigenvalue weighted by atomic mass is 79.9. The van der Waals surface area contributed by atoms with Crippen molar-refractivity contribution in [2.75, 3.05) is 30.0 Å². The predicted octanol–water partition coefficient (Wildman–Crippen LogP) is 8.89. The molecule has 2 atom stereocenters. The van der Waals surface area contributed by atoms with Crippen molar-refractivity contribution in [2.45, 2.75) is 38.2 Å². The summed E-state index contributed by atoms with van der Waals surface area (Å²) in [5.74, 6) is -0.394. The van der Waals surface area contributed by atoms with E-state index in [-0.39, 0.29) is 17.4 Å². The number of aryl methyl sites for hydroxylation is 1. The topological polar surface area (TPSA) is 88.2 Å². The smallest absolute Gasteiger partial charge is 0.335 e. The van der Waals surface area contributed by atoms with Crippen molar-refractivity contribution in [1.82, 2.24) is 5.32 Å². The first kappa shape index (κ1) is 34.4. The van der Waals surface area contributed by atoms with Gasteiger partial charge in [-0.05, 0) is 99.4 Å². The van der Waals surface area contributed by atoms with E-state index in [1.807, 2.05) is 73.7 Å². The number of rotatable bonds is 8. The van der Waals surface area contributed by atoms with Gasteiger partial charge in [-0.1, -0.05) is 90.5 Å². The van der Waals surface area contributed by atoms with E-state index in [0.717, 1.165) is 53.1 Å². The molecule has 8 nitrogen and oxygen atoms in total. The zero-order valence-corrected chi connectivity index (χ0v) is 31.1. The fourth-order valence-electron chi connectivity index (χ4n) is 7.95. The van der Waals surface area contributed by atoms with Crippen LogP contribution >= 0.6 is 15.9 Å². The Balaban J connectivity index is 1.19. The van der Waals surface area contributed by atoms with Crippen LogP contribution in [0, 0.1) is 6.92 Å². The summed E-state index contributed by atoms with van der Waals surface area (Å²) < 4.78 is 12.4. The Kier molecular flexibility index (Phi) is 9.35. The van der Waals surface area contributed by atoms with E-state index >= 15 is 0 Å². The third kappa shape index (κ3) is 6.61. The number of carbonyl (C=O) groups is 3. The summed E-state index contributed by atoms with van der Waals surface area (Å²) in [5.41, 5.74) is 8.62. The number of urea groups is 1. The van der Waals surface area contributed by atoms with E-state index in [1.54, 1.807) is 12.1 Å². The summed E-state index contributed by atoms with van der Waals surface area (Å²) in [5, 5.41) is 2.43. The summed E-state index contributed by atoms with van der Waals surface area (Å²) in [6, 6.07) is 35.4. The average molecular weight is 769 g/mol. The zero-order valence-electron chi connectivity index (χ0n) is 29.5. The summed E-state index contributed by atoms with van der Waals surface area (Å²) in [4.78, 5) is 45.0. The molecule has 0 unspecified atom stereocenters. The number of methoxy groups -OCH3 is 1. The SMILES string of the molecule is COc1cc(/C=C2\C(=O)NC(=O)N(c3cc4c5c(c3)[C@H](c3ccccc3)CCN5CC[C@@H]4c3ccccc3)C2=O)cc(Br)c1OCc1cccc(C)c1. The monoisotopic (exact) mass is 767 g/mol. The second kappa shape index (κ2) is 14.4. The minimum atomic E-state index is -0.779. The molecule has 5 aromatic rings. The quantitative estimate of drug-likeness (QED) is 0.125. The number of carbonyl (C=O) groups excluding carboxylic acids is 3. The van der Waals surface area contributed by atoms with Gasteiger partial charge >= 0.3 is 6.03 Å². The Hall–Kier alpha value is -5.67. The fourth-order valence-corrected chi connectivity index (χ4v) is 8.52. The maximum atomic E-state index is 14.4. The molecule has 3 aliphatic rings. The third-order valence-corrected chi connectivity index (χ3v) is 11.0. The average Bonchev–Trinajstić information content (AvgIpc) is 3.16. The van der Waals surface area contributed by atoms with Gasteiger partial charge in [0.15, 0.2) is 11.5 Å². The minimum Gasteiger partial charge on any atom is -0.493 e. The van der Waals surface area contributed by atoms with Gasteiger partial charge in [0.05, 0.1) is 17.3 Å². The number of imide groups is 2. The number of barbiturate groups is 1. The maximum Gasteiger partial charge on any atom is 0.335 e. The molecule has 8 rings (SSSR count). The molecule has 0 bridgehead atoms. The predicted molar refractivity (Wildman–Crippen MR) is 210 cm³/mol. The molecule has 0 spiro atoms. The van der Waals surface area contributed by atoms with Gasteiger partial charge in [0.2, 0.25) is 0 Å². The highest BCUT2D eigenvalue weighted by Gasteiger charge is 2.40. The van der Waals surface area contributed by atoms with Crippen molar-refractivity contribution in [3.63, 3.8) is 0 Å². The molecule has 1 saturated heterocycles. The molecule has 1 fully saturated rings. The summed E-state index contributed by atoms with van der Waals surface area (Å²) in [6.45, 7) is 4.18. The molecule has 0 aliphatic carbocycles. The molecule has 0 saturated carbocycles. The number of amides is 4. The molecular formula is C44H38BrN3O5. The lowest BCUT2D eigenvalue weighted by atomic mass is 9.76. The van der Waals surface area contributed by atoms with Crippen LogP contribution in [0.4, 0.5) is 16.2 Å². The molecule has 1 N–H and O–H groups in total. The van der Waals surface area contributed by atoms with Crippen LogP contribution in [0.1, 0.15) is 63.6 Å². The van der Waals surface area contributed by atoms with Gasteiger partial charge in [0.25, 0.3) is 11.8 Å². The molecule has 9 heteroatoms. The van der Waals surface area contributed by atoms with Crippen LogP contribution in [-0.2, 0) is 16.2 Å². The summed E-state index contributed by atoms with van der Waals surface area (Å²) >= 11 is 3.60. The van der Waals surface area contributed by atoms with Gasteiger partial charge in [-0.2, -0.15) is 0 Å². The number of anilines is 2. The fraction of sp³-hybridized carbons (Fsp3) is 0.205. The van der Waals surface area contributed by atoms with E-state index < -0.39 is 17.8 Å². The standard InChI is InChI=1S/C44H38BrN3O5/c1-27-10-9-11-28(20-27)26-53-41-38(45)22-29(23-39(41)52-2)21-37-42(49)46-44(51)48(43(37)50)32-24-35-33(30-12-5-3-6-13-30)16-18-47-19-17-34(36(25-32)40(35)47)31-14-7-4-8-15-31/h3-15,20-25,33-34H,16-19,26H2,1-2H3,(H,46,49,51)/b37-21+/t33-,34+. The van der Waals surface area contributed by atoms with E-state index in [0.29, 0.717) is 33.8 Å². The van der Waals surface area contributed by atoms with Crippen LogP contribution in [0.25, 0.3) is 6.08 Å². The van der Waals surface area contributed by atoms with Gasteiger partial charge in [-0.3, -0.25) is 14.9 Å². The highest BCUT2D eigenvalue weighted by Crippen LogP contribution is 2.50. The van der Waals surface area contributed by atoms with Gasteiger partial charge in [-0.25, -0.2) is 9.69 Å². The largest absolute Gasteiger partial charge is 0.493 e. The molecular weight excluding hydrogens is 730 g/mol. The lowest BCUT2D eigenvalue weighted by Crippen LogP contribution is -2.54. The van der Waals surface area contributed by atoms with Crippen molar-refractivity contribution in [1.29, 1.82) is 0 Å². The third-order valence-electron chi connectivity index (χ3n) is 10.4. The minimum absolute atomic E-state index is 0.0757. The lowest BCUT2D eigenvalue weighted by molar-refractivity contribution is -0.122. The van der Waals surface area contributed by atoms with Crippen molar-refractivity contribution in [3.05, 3.63) is 158 Å². The molecule has 0 radical (unpaired) electrons. The number of nitrogens with zero attached hydrogens (tertiary/aromatic N) is 2. The van der Waals surface area contributed by atoms with Crippen LogP contribution in [0.5, 0.6) is 11.5 Å². The zero-order chi connectivity index (χ0) is 36.6. The van der Waals surface area contributed by atoms with Crippen LogP contribution in [0.15, 0.2) is 119 Å². The van der Waals surface area contributed by atoms with E-state index in [2.05, 4.69) is 56.5 Å². The molecule has 3 heterocycles. The normalized spacial score (nSPS) is 18.8. The van der Waals surface area contributed by atoms with Crippen molar-refractivity contribution in [3.8, 4) is 11.5 Å². The Morgan fingerprint density at radius 1 is 0.811 bits per heavy atom. The summed E-state index contributed by atoms with van der Waals surface area (Å²) in [6.07, 6.45) is 3.29. The Morgan fingerprint density at radius 2 is 1.45 bits per heavy atom. The highest BCUT2D eigenvalue weighted by molar-refractivity contribution is 9.10. The number of hydrogen-bond donors (Lipinski definition) is 1. The van der Waals surface area contributed by atoms with Gasteiger partial charge in [0, 0.05) is 30.6 Å². The molecule has 5 aromatic carbocycles. The second-order valence-corrected chi connectivity index (χ2v) is 14.6. The molecule has 53 heavy (non-hydrogen) atoms. The first-order valence-electron chi connectivity index (χ1n) is 17.8. The van der Waals surface area contributed by atoms with Crippen molar-refractivity contribution in [2.24, 2.45) is 0 Å². The van der Waals surface area contributed by atoms with Crippen LogP contribution in [0.3, 0.4) is 0 Å². The van der Waals surface area contributed by atoms with Crippen LogP contribution < -0.4 is 24.6 Å². The molecule has 3 aliphatic heterocycles. The first-order valence-corrected chi connectivity index (χ1v) is 18.6. The van der Waals surface area contributed by atoms with Gasteiger partial charge in [-0.15, -0.1) is 0 Å². The molecule has 0 aromatic heterocycles. The number of ether oxygens (including phenoxy) is 2. The van der Waals surface area contributed by atoms with Crippen molar-refractivity contribution >= 4 is 51.2 Å². The maximum absolute atomic E-state index is 14.4. The molecule has 4 amide bonds. The van der Waals surface area contributed by atoms with E-state index in [4.69, 9.17) is 9.47 Å². The van der Waals surface area contributed by atoms with Gasteiger partial charge < -0.3 is 14.4 Å². The lowest BCUT2D eigenvalue weighted by Gasteiger charge is -2.44. The number of hydrogen-bond acceptors (Lipinski definition) is 6. The Labute approximate surface area is 317 Å². The number of halogens is 1. The summed E-state index contributed by atoms with van der Waals surface area (Å²) in [7, 11) is 1.53. The van der Waals surface area contributed by atoms with Gasteiger partial charge in [0.1, 0.15) is 12.2 Å².